The third-order valence-corrected chi connectivity index (χ3v) is 7.32. The average molecular weight is 470 g/mol. The monoisotopic (exact) mass is 469 g/mol. The minimum Gasteiger partial charge on any atom is -0.398 e. The molecule has 0 atom stereocenters. The van der Waals surface area contributed by atoms with E-state index in [1.807, 2.05) is 31.2 Å². The summed E-state index contributed by atoms with van der Waals surface area (Å²) >= 11 is 1.62. The molecule has 0 heterocycles. The Morgan fingerprint density at radius 1 is 0.657 bits per heavy atom. The molecule has 0 radical (unpaired) electrons. The van der Waals surface area contributed by atoms with Crippen molar-refractivity contribution in [3.63, 3.8) is 0 Å². The first-order chi connectivity index (χ1) is 17.0. The number of hydrogen-bond donors (Lipinski definition) is 1. The van der Waals surface area contributed by atoms with Gasteiger partial charge in [-0.1, -0.05) is 121 Å². The molecule has 5 rings (SSSR count). The zero-order valence-electron chi connectivity index (χ0n) is 19.8. The van der Waals surface area contributed by atoms with E-state index < -0.39 is 0 Å². The van der Waals surface area contributed by atoms with Gasteiger partial charge < -0.3 is 5.73 Å². The number of anilines is 1. The van der Waals surface area contributed by atoms with Crippen LogP contribution in [0, 0.1) is 0 Å². The number of para-hydroxylation sites is 1. The molecule has 170 valence electrons. The summed E-state index contributed by atoms with van der Waals surface area (Å²) in [6.45, 7) is 10.5. The molecule has 35 heavy (non-hydrogen) atoms. The molecular formula is C33H27NS. The Balaban J connectivity index is 1.54. The second kappa shape index (κ2) is 9.69. The van der Waals surface area contributed by atoms with Crippen molar-refractivity contribution in [2.24, 2.45) is 0 Å². The lowest BCUT2D eigenvalue weighted by molar-refractivity contribution is 1.47. The molecule has 5 aromatic rings. The van der Waals surface area contributed by atoms with E-state index in [1.165, 1.54) is 38.6 Å². The SMILES string of the molecule is C=C(C)c1ccc(-c2cccc(-c3ccc(C(=C)Sc4ccccc4N)c4ccccc34)c2)cc1. The second-order valence-corrected chi connectivity index (χ2v) is 9.84. The van der Waals surface area contributed by atoms with Gasteiger partial charge in [-0.2, -0.15) is 0 Å². The standard InChI is InChI=1S/C33H27NS/c1-22(2)24-15-17-25(18-16-24)26-9-8-10-27(21-26)29-20-19-28(30-11-4-5-12-31(29)30)23(3)35-33-14-7-6-13-32(33)34/h4-21H,1,3,34H2,2H3. The van der Waals surface area contributed by atoms with Crippen LogP contribution in [0.15, 0.2) is 127 Å². The molecule has 0 saturated heterocycles. The van der Waals surface area contributed by atoms with Gasteiger partial charge in [0.2, 0.25) is 0 Å². The van der Waals surface area contributed by atoms with Gasteiger partial charge in [0.25, 0.3) is 0 Å². The molecule has 0 spiro atoms. The molecule has 2 N–H and O–H groups in total. The van der Waals surface area contributed by atoms with Gasteiger partial charge in [0, 0.05) is 15.5 Å². The smallest absolute Gasteiger partial charge is 0.0455 e. The van der Waals surface area contributed by atoms with E-state index in [-0.39, 0.29) is 0 Å². The summed E-state index contributed by atoms with van der Waals surface area (Å²) in [4.78, 5) is 2.01. The minimum absolute atomic E-state index is 0.771. The highest BCUT2D eigenvalue weighted by molar-refractivity contribution is 8.08. The van der Waals surface area contributed by atoms with Crippen LogP contribution < -0.4 is 5.73 Å². The number of allylic oxidation sites excluding steroid dienone is 1. The van der Waals surface area contributed by atoms with E-state index in [4.69, 9.17) is 5.73 Å². The summed E-state index contributed by atoms with van der Waals surface area (Å²) in [5, 5.41) is 2.40. The maximum absolute atomic E-state index is 6.18. The van der Waals surface area contributed by atoms with E-state index in [0.717, 1.165) is 26.6 Å². The first-order valence-electron chi connectivity index (χ1n) is 11.6. The number of nitrogens with two attached hydrogens (primary N) is 1. The number of hydrogen-bond acceptors (Lipinski definition) is 2. The summed E-state index contributed by atoms with van der Waals surface area (Å²) in [6.07, 6.45) is 0. The Bertz CT molecular complexity index is 1560. The van der Waals surface area contributed by atoms with Crippen LogP contribution in [-0.2, 0) is 0 Å². The fourth-order valence-electron chi connectivity index (χ4n) is 4.37. The van der Waals surface area contributed by atoms with Gasteiger partial charge in [0.1, 0.15) is 0 Å². The van der Waals surface area contributed by atoms with Crippen LogP contribution in [0.5, 0.6) is 0 Å². The van der Waals surface area contributed by atoms with Crippen LogP contribution in [0.25, 0.3) is 43.5 Å². The van der Waals surface area contributed by atoms with Crippen molar-refractivity contribution in [2.75, 3.05) is 5.73 Å². The molecule has 0 unspecified atom stereocenters. The van der Waals surface area contributed by atoms with Crippen LogP contribution >= 0.6 is 11.8 Å². The van der Waals surface area contributed by atoms with E-state index in [9.17, 15) is 0 Å². The highest BCUT2D eigenvalue weighted by Gasteiger charge is 2.12. The first-order valence-corrected chi connectivity index (χ1v) is 12.4. The molecule has 2 heteroatoms. The Labute approximate surface area is 211 Å². The van der Waals surface area contributed by atoms with Crippen LogP contribution in [0.3, 0.4) is 0 Å². The third-order valence-electron chi connectivity index (χ3n) is 6.26. The number of benzene rings is 5. The van der Waals surface area contributed by atoms with Crippen LogP contribution in [0.2, 0.25) is 0 Å². The van der Waals surface area contributed by atoms with Crippen molar-refractivity contribution >= 4 is 38.7 Å². The Hall–Kier alpha value is -4.01. The zero-order chi connectivity index (χ0) is 24.4. The van der Waals surface area contributed by atoms with Crippen molar-refractivity contribution in [3.8, 4) is 22.3 Å². The summed E-state index contributed by atoms with van der Waals surface area (Å²) in [6, 6.07) is 38.2. The predicted octanol–water partition coefficient (Wildman–Crippen LogP) is 9.55. The Kier molecular flexibility index (Phi) is 6.31. The van der Waals surface area contributed by atoms with Gasteiger partial charge in [0.15, 0.2) is 0 Å². The average Bonchev–Trinajstić information content (AvgIpc) is 2.89. The summed E-state index contributed by atoms with van der Waals surface area (Å²) in [7, 11) is 0. The van der Waals surface area contributed by atoms with Crippen molar-refractivity contribution in [2.45, 2.75) is 11.8 Å². The number of rotatable bonds is 6. The highest BCUT2D eigenvalue weighted by atomic mass is 32.2. The van der Waals surface area contributed by atoms with Gasteiger partial charge in [-0.05, 0) is 69.3 Å². The summed E-state index contributed by atoms with van der Waals surface area (Å²) in [5.74, 6) is 0. The molecule has 0 aliphatic rings. The summed E-state index contributed by atoms with van der Waals surface area (Å²) < 4.78 is 0. The summed E-state index contributed by atoms with van der Waals surface area (Å²) in [5.41, 5.74) is 15.1. The molecule has 0 bridgehead atoms. The number of fused-ring (bicyclic) bond motifs is 1. The maximum atomic E-state index is 6.18. The molecule has 0 saturated carbocycles. The van der Waals surface area contributed by atoms with Crippen LogP contribution in [0.1, 0.15) is 18.1 Å². The predicted molar refractivity (Wildman–Crippen MR) is 155 cm³/mol. The van der Waals surface area contributed by atoms with Crippen LogP contribution in [-0.4, -0.2) is 0 Å². The molecule has 0 aliphatic carbocycles. The number of thioether (sulfide) groups is 1. The van der Waals surface area contributed by atoms with Crippen molar-refractivity contribution in [1.29, 1.82) is 0 Å². The van der Waals surface area contributed by atoms with E-state index in [0.29, 0.717) is 0 Å². The Morgan fingerprint density at radius 2 is 1.34 bits per heavy atom. The zero-order valence-corrected chi connectivity index (χ0v) is 20.6. The Morgan fingerprint density at radius 3 is 2.09 bits per heavy atom. The van der Waals surface area contributed by atoms with Gasteiger partial charge in [0.05, 0.1) is 0 Å². The van der Waals surface area contributed by atoms with E-state index in [2.05, 4.69) is 98.1 Å². The molecule has 0 aliphatic heterocycles. The molecule has 0 aromatic heterocycles. The van der Waals surface area contributed by atoms with Crippen molar-refractivity contribution < 1.29 is 0 Å². The van der Waals surface area contributed by atoms with Crippen molar-refractivity contribution in [3.05, 3.63) is 133 Å². The highest BCUT2D eigenvalue weighted by Crippen LogP contribution is 2.41. The quantitative estimate of drug-likeness (QED) is 0.198. The van der Waals surface area contributed by atoms with Gasteiger partial charge in [-0.25, -0.2) is 0 Å². The lowest BCUT2D eigenvalue weighted by Crippen LogP contribution is -1.90. The lowest BCUT2D eigenvalue weighted by Gasteiger charge is -2.15. The van der Waals surface area contributed by atoms with Crippen LogP contribution in [0.4, 0.5) is 5.69 Å². The van der Waals surface area contributed by atoms with Gasteiger partial charge in [-0.3, -0.25) is 0 Å². The molecule has 0 amide bonds. The van der Waals surface area contributed by atoms with Gasteiger partial charge in [-0.15, -0.1) is 0 Å². The largest absolute Gasteiger partial charge is 0.398 e. The molecule has 1 nitrogen and oxygen atoms in total. The second-order valence-electron chi connectivity index (χ2n) is 8.71. The number of nitrogen functional groups attached to an aromatic ring is 1. The fourth-order valence-corrected chi connectivity index (χ4v) is 5.25. The third kappa shape index (κ3) is 4.66. The fraction of sp³-hybridized carbons (Fsp3) is 0.0303. The first kappa shape index (κ1) is 22.8. The minimum atomic E-state index is 0.771. The molecular weight excluding hydrogens is 442 g/mol. The lowest BCUT2D eigenvalue weighted by atomic mass is 9.93. The normalized spacial score (nSPS) is 10.9. The molecule has 0 fully saturated rings. The maximum Gasteiger partial charge on any atom is 0.0455 e. The van der Waals surface area contributed by atoms with Crippen molar-refractivity contribution in [1.82, 2.24) is 0 Å². The van der Waals surface area contributed by atoms with E-state index >= 15 is 0 Å². The molecule has 5 aromatic carbocycles. The van der Waals surface area contributed by atoms with Gasteiger partial charge >= 0.3 is 0 Å². The topological polar surface area (TPSA) is 26.0 Å². The van der Waals surface area contributed by atoms with E-state index in [1.54, 1.807) is 11.8 Å².